The van der Waals surface area contributed by atoms with Crippen molar-refractivity contribution in [3.05, 3.63) is 58.2 Å². The van der Waals surface area contributed by atoms with Gasteiger partial charge in [0.1, 0.15) is 11.0 Å². The van der Waals surface area contributed by atoms with Crippen molar-refractivity contribution in [3.8, 4) is 0 Å². The van der Waals surface area contributed by atoms with Crippen molar-refractivity contribution in [3.63, 3.8) is 0 Å². The van der Waals surface area contributed by atoms with E-state index in [0.29, 0.717) is 0 Å². The second kappa shape index (κ2) is 8.41. The molecule has 0 fully saturated rings. The number of ketones is 1. The first kappa shape index (κ1) is 21.1. The average Bonchev–Trinajstić information content (AvgIpc) is 3.08. The summed E-state index contributed by atoms with van der Waals surface area (Å²) in [6, 6.07) is 5.14. The molecule has 0 aromatic heterocycles. The van der Waals surface area contributed by atoms with Gasteiger partial charge < -0.3 is 15.5 Å². The normalized spacial score (nSPS) is 13.1. The number of amides is 3. The Balaban J connectivity index is 1.93. The number of carbonyl (C=O) groups is 5. The van der Waals surface area contributed by atoms with Gasteiger partial charge in [-0.15, -0.1) is 0 Å². The lowest BCUT2D eigenvalue weighted by atomic mass is 10.1. The highest BCUT2D eigenvalue weighted by atomic mass is 16.4. The Labute approximate surface area is 172 Å². The van der Waals surface area contributed by atoms with Crippen LogP contribution in [-0.4, -0.2) is 45.9 Å². The van der Waals surface area contributed by atoms with Crippen LogP contribution < -0.4 is 16.0 Å². The van der Waals surface area contributed by atoms with E-state index in [2.05, 4.69) is 25.5 Å². The maximum atomic E-state index is 12.6. The highest BCUT2D eigenvalue weighted by Crippen LogP contribution is 2.22. The highest BCUT2D eigenvalue weighted by molar-refractivity contribution is 6.10. The molecule has 1 heterocycles. The van der Waals surface area contributed by atoms with E-state index >= 15 is 0 Å². The third-order valence-electron chi connectivity index (χ3n) is 4.09. The Morgan fingerprint density at radius 2 is 1.77 bits per heavy atom. The molecule has 3 amide bonds. The van der Waals surface area contributed by atoms with Crippen molar-refractivity contribution in [1.82, 2.24) is 0 Å². The van der Waals surface area contributed by atoms with Crippen LogP contribution in [0.25, 0.3) is 0 Å². The fourth-order valence-corrected chi connectivity index (χ4v) is 2.63. The molecule has 0 bridgehead atoms. The second-order valence-electron chi connectivity index (χ2n) is 6.24. The van der Waals surface area contributed by atoms with Crippen molar-refractivity contribution in [2.75, 3.05) is 5.32 Å². The molecule has 0 spiro atoms. The third kappa shape index (κ3) is 4.53. The Hall–Kier alpha value is -4.61. The molecule has 12 nitrogen and oxygen atoms in total. The highest BCUT2D eigenvalue weighted by Gasteiger charge is 2.25. The summed E-state index contributed by atoms with van der Waals surface area (Å²) >= 11 is 0. The van der Waals surface area contributed by atoms with Gasteiger partial charge in [-0.05, 0) is 37.3 Å². The fourth-order valence-electron chi connectivity index (χ4n) is 2.63. The molecule has 0 radical (unpaired) electrons. The van der Waals surface area contributed by atoms with Gasteiger partial charge in [-0.2, -0.15) is 20.2 Å². The SMILES string of the molecule is CC(=O)C(N=Nc1cc(C(=O)O)ccc1C(=O)O)C(=O)Nc1cccc2c1=NC(=O)N=2. The molecule has 31 heavy (non-hydrogen) atoms. The molecule has 156 valence electrons. The molecule has 12 heteroatoms. The quantitative estimate of drug-likeness (QED) is 0.439. The molecule has 1 atom stereocenters. The standard InChI is InChI=1S/C19H13N5O7/c1-8(25)14(16(26)20-11-3-2-4-12-15(11)22-19(31)21-12)24-23-13-7-9(17(27)28)5-6-10(13)18(29)30/h2-7,14H,1H3,(H,20,26)(H,27,28)(H,29,30). The molecular weight excluding hydrogens is 410 g/mol. The summed E-state index contributed by atoms with van der Waals surface area (Å²) in [4.78, 5) is 65.7. The number of urea groups is 1. The lowest BCUT2D eigenvalue weighted by molar-refractivity contribution is -0.126. The number of nitrogens with zero attached hydrogens (tertiary/aromatic N) is 4. The minimum atomic E-state index is -1.67. The zero-order valence-corrected chi connectivity index (χ0v) is 15.8. The lowest BCUT2D eigenvalue weighted by Gasteiger charge is -2.09. The van der Waals surface area contributed by atoms with E-state index in [-0.39, 0.29) is 33.2 Å². The van der Waals surface area contributed by atoms with Crippen LogP contribution in [0.4, 0.5) is 16.2 Å². The number of aromatic carboxylic acids is 2. The predicted octanol–water partition coefficient (Wildman–Crippen LogP) is 1.14. The van der Waals surface area contributed by atoms with E-state index in [1.54, 1.807) is 0 Å². The number of nitrogens with one attached hydrogen (secondary N) is 1. The summed E-state index contributed by atoms with van der Waals surface area (Å²) in [5.41, 5.74) is -0.835. The van der Waals surface area contributed by atoms with Gasteiger partial charge >= 0.3 is 18.0 Å². The number of carboxylic acids is 2. The van der Waals surface area contributed by atoms with Gasteiger partial charge in [-0.25, -0.2) is 14.4 Å². The van der Waals surface area contributed by atoms with Crippen LogP contribution in [0.2, 0.25) is 0 Å². The maximum Gasteiger partial charge on any atom is 0.368 e. The number of hydrogen-bond acceptors (Lipinski definition) is 7. The molecule has 1 unspecified atom stereocenters. The van der Waals surface area contributed by atoms with Crippen molar-refractivity contribution in [2.24, 2.45) is 20.2 Å². The van der Waals surface area contributed by atoms with Crippen LogP contribution in [0.5, 0.6) is 0 Å². The zero-order chi connectivity index (χ0) is 22.7. The maximum absolute atomic E-state index is 12.6. The minimum Gasteiger partial charge on any atom is -0.478 e. The molecule has 3 rings (SSSR count). The van der Waals surface area contributed by atoms with Gasteiger partial charge in [-0.3, -0.25) is 9.59 Å². The molecule has 2 aromatic rings. The molecule has 0 aliphatic carbocycles. The van der Waals surface area contributed by atoms with E-state index in [1.165, 1.54) is 18.2 Å². The monoisotopic (exact) mass is 423 g/mol. The van der Waals surface area contributed by atoms with Gasteiger partial charge in [-0.1, -0.05) is 6.07 Å². The number of rotatable bonds is 7. The van der Waals surface area contributed by atoms with Gasteiger partial charge in [0.25, 0.3) is 5.91 Å². The number of carboxylic acid groups (broad SMARTS) is 2. The van der Waals surface area contributed by atoms with Crippen LogP contribution in [0.1, 0.15) is 27.6 Å². The van der Waals surface area contributed by atoms with E-state index in [9.17, 15) is 29.1 Å². The summed E-state index contributed by atoms with van der Waals surface area (Å²) in [7, 11) is 0. The van der Waals surface area contributed by atoms with Gasteiger partial charge in [0.15, 0.2) is 5.78 Å². The number of fused-ring (bicyclic) bond motifs is 1. The first-order chi connectivity index (χ1) is 14.7. The Kier molecular flexibility index (Phi) is 5.72. The summed E-state index contributed by atoms with van der Waals surface area (Å²) in [5, 5.41) is 28.4. The van der Waals surface area contributed by atoms with Crippen molar-refractivity contribution < 1.29 is 34.2 Å². The van der Waals surface area contributed by atoms with Crippen LogP contribution in [0.3, 0.4) is 0 Å². The average molecular weight is 423 g/mol. The predicted molar refractivity (Wildman–Crippen MR) is 102 cm³/mol. The molecular formula is C19H13N5O7. The summed E-state index contributed by atoms with van der Waals surface area (Å²) in [6.07, 6.45) is 0. The Bertz CT molecular complexity index is 1300. The van der Waals surface area contributed by atoms with E-state index in [4.69, 9.17) is 5.11 Å². The van der Waals surface area contributed by atoms with E-state index in [0.717, 1.165) is 25.1 Å². The molecule has 0 saturated heterocycles. The number of hydrogen-bond donors (Lipinski definition) is 3. The van der Waals surface area contributed by atoms with Crippen LogP contribution in [0, 0.1) is 0 Å². The molecule has 2 aromatic carbocycles. The number of carbonyl (C=O) groups excluding carboxylic acids is 3. The first-order valence-electron chi connectivity index (χ1n) is 8.60. The summed E-state index contributed by atoms with van der Waals surface area (Å²) < 4.78 is 0. The first-order valence-corrected chi connectivity index (χ1v) is 8.60. The minimum absolute atomic E-state index is 0.123. The van der Waals surface area contributed by atoms with Crippen molar-refractivity contribution in [1.29, 1.82) is 0 Å². The Morgan fingerprint density at radius 3 is 2.42 bits per heavy atom. The zero-order valence-electron chi connectivity index (χ0n) is 15.8. The van der Waals surface area contributed by atoms with Crippen LogP contribution >= 0.6 is 0 Å². The second-order valence-corrected chi connectivity index (χ2v) is 6.24. The molecule has 3 N–H and O–H groups in total. The number of benzene rings is 2. The molecule has 0 saturated carbocycles. The van der Waals surface area contributed by atoms with Crippen LogP contribution in [0.15, 0.2) is 56.6 Å². The van der Waals surface area contributed by atoms with Gasteiger partial charge in [0.2, 0.25) is 6.04 Å². The molecule has 1 aliphatic heterocycles. The number of para-hydroxylation sites is 1. The Morgan fingerprint density at radius 1 is 1.03 bits per heavy atom. The van der Waals surface area contributed by atoms with Crippen molar-refractivity contribution in [2.45, 2.75) is 13.0 Å². The van der Waals surface area contributed by atoms with Gasteiger partial charge in [0, 0.05) is 0 Å². The largest absolute Gasteiger partial charge is 0.478 e. The third-order valence-corrected chi connectivity index (χ3v) is 4.09. The van der Waals surface area contributed by atoms with E-state index < -0.39 is 35.7 Å². The number of azo groups is 1. The smallest absolute Gasteiger partial charge is 0.368 e. The summed E-state index contributed by atoms with van der Waals surface area (Å²) in [5.74, 6) is -4.34. The topological polar surface area (TPSA) is 187 Å². The summed E-state index contributed by atoms with van der Waals surface area (Å²) in [6.45, 7) is 1.08. The molecule has 1 aliphatic rings. The number of anilines is 1. The van der Waals surface area contributed by atoms with Gasteiger partial charge in [0.05, 0.1) is 22.2 Å². The van der Waals surface area contributed by atoms with Crippen LogP contribution in [-0.2, 0) is 9.59 Å². The van der Waals surface area contributed by atoms with E-state index in [1.807, 2.05) is 0 Å². The lowest BCUT2D eigenvalue weighted by Crippen LogP contribution is -2.35. The van der Waals surface area contributed by atoms with Crippen molar-refractivity contribution >= 4 is 41.0 Å². The number of Topliss-reactive ketones (excluding diaryl/α,β-unsaturated/α-hetero) is 1. The fraction of sp³-hybridized carbons (Fsp3) is 0.105.